The molecule has 6 heteroatoms. The number of β-amino-alcohol motifs (C(OH)–C–C–N with tert-alkyl or cyclic N) is 1. The molecule has 5 nitrogen and oxygen atoms in total. The number of urea groups is 1. The maximum Gasteiger partial charge on any atom is 0.321 e. The third-order valence-corrected chi connectivity index (χ3v) is 3.53. The van der Waals surface area contributed by atoms with Crippen molar-refractivity contribution in [3.05, 3.63) is 30.1 Å². The Morgan fingerprint density at radius 2 is 2.29 bits per heavy atom. The summed E-state index contributed by atoms with van der Waals surface area (Å²) in [5.41, 5.74) is -0.470. The zero-order valence-electron chi connectivity index (χ0n) is 12.5. The molecule has 2 amide bonds. The van der Waals surface area contributed by atoms with Gasteiger partial charge < -0.3 is 20.2 Å². The lowest BCUT2D eigenvalue weighted by Crippen LogP contribution is -2.55. The summed E-state index contributed by atoms with van der Waals surface area (Å²) in [5.74, 6) is -0.393. The van der Waals surface area contributed by atoms with E-state index >= 15 is 0 Å². The van der Waals surface area contributed by atoms with Gasteiger partial charge in [-0.3, -0.25) is 0 Å². The molecular formula is C15H22FN3O2. The molecule has 0 saturated carbocycles. The van der Waals surface area contributed by atoms with Crippen LogP contribution in [0.3, 0.4) is 0 Å². The Hall–Kier alpha value is -1.66. The van der Waals surface area contributed by atoms with Gasteiger partial charge in [-0.2, -0.15) is 0 Å². The zero-order valence-corrected chi connectivity index (χ0v) is 12.5. The summed E-state index contributed by atoms with van der Waals surface area (Å²) < 4.78 is 13.1. The van der Waals surface area contributed by atoms with E-state index in [-0.39, 0.29) is 12.6 Å². The number of nitrogens with one attached hydrogen (secondary N) is 1. The molecule has 1 saturated heterocycles. The zero-order chi connectivity index (χ0) is 15.5. The highest BCUT2D eigenvalue weighted by atomic mass is 19.1. The molecule has 0 bridgehead atoms. The number of rotatable bonds is 3. The van der Waals surface area contributed by atoms with Crippen LogP contribution in [0.2, 0.25) is 0 Å². The lowest BCUT2D eigenvalue weighted by atomic mass is 9.92. The Labute approximate surface area is 124 Å². The number of carbonyl (C=O) groups excluding carboxylic acids is 1. The van der Waals surface area contributed by atoms with Crippen LogP contribution < -0.4 is 5.32 Å². The van der Waals surface area contributed by atoms with Crippen molar-refractivity contribution in [2.24, 2.45) is 0 Å². The van der Waals surface area contributed by atoms with Gasteiger partial charge in [0.2, 0.25) is 0 Å². The minimum Gasteiger partial charge on any atom is -0.387 e. The van der Waals surface area contributed by atoms with Gasteiger partial charge >= 0.3 is 6.03 Å². The molecule has 1 heterocycles. The molecule has 1 unspecified atom stereocenters. The average molecular weight is 295 g/mol. The first-order chi connectivity index (χ1) is 9.88. The molecule has 1 atom stereocenters. The first-order valence-electron chi connectivity index (χ1n) is 7.07. The number of halogens is 1. The predicted molar refractivity (Wildman–Crippen MR) is 79.7 cm³/mol. The fourth-order valence-corrected chi connectivity index (χ4v) is 2.77. The van der Waals surface area contributed by atoms with Crippen molar-refractivity contribution < 1.29 is 14.3 Å². The van der Waals surface area contributed by atoms with Crippen molar-refractivity contribution >= 4 is 11.7 Å². The second kappa shape index (κ2) is 6.41. The van der Waals surface area contributed by atoms with E-state index in [4.69, 9.17) is 0 Å². The number of aliphatic hydroxyl groups is 1. The molecule has 0 spiro atoms. The van der Waals surface area contributed by atoms with Gasteiger partial charge in [-0.25, -0.2) is 9.18 Å². The summed E-state index contributed by atoms with van der Waals surface area (Å²) in [4.78, 5) is 15.7. The second-order valence-electron chi connectivity index (χ2n) is 5.93. The maximum absolute atomic E-state index is 13.1. The fourth-order valence-electron chi connectivity index (χ4n) is 2.77. The van der Waals surface area contributed by atoms with E-state index in [1.165, 1.54) is 12.1 Å². The van der Waals surface area contributed by atoms with Gasteiger partial charge in [-0.15, -0.1) is 0 Å². The molecule has 0 aliphatic carbocycles. The van der Waals surface area contributed by atoms with Gasteiger partial charge in [0.05, 0.1) is 12.1 Å². The first kappa shape index (κ1) is 15.7. The Morgan fingerprint density at radius 1 is 1.52 bits per heavy atom. The van der Waals surface area contributed by atoms with E-state index in [2.05, 4.69) is 5.32 Å². The summed E-state index contributed by atoms with van der Waals surface area (Å²) in [6, 6.07) is 5.47. The number of nitrogens with zero attached hydrogens (tertiary/aromatic N) is 2. The van der Waals surface area contributed by atoms with Crippen molar-refractivity contribution in [3.8, 4) is 0 Å². The van der Waals surface area contributed by atoms with Crippen LogP contribution in [-0.4, -0.2) is 60.3 Å². The molecular weight excluding hydrogens is 273 g/mol. The van der Waals surface area contributed by atoms with Gasteiger partial charge in [0, 0.05) is 18.8 Å². The van der Waals surface area contributed by atoms with Crippen molar-refractivity contribution in [2.45, 2.75) is 18.4 Å². The number of benzene rings is 1. The maximum atomic E-state index is 13.1. The first-order valence-corrected chi connectivity index (χ1v) is 7.07. The topological polar surface area (TPSA) is 55.8 Å². The standard InChI is InChI=1S/C15H22FN3O2/c1-18(2)10-15(21)7-4-8-19(11-15)14(20)17-13-6-3-5-12(16)9-13/h3,5-6,9,21H,4,7-8,10-11H2,1-2H3,(H,17,20). The number of piperidine rings is 1. The van der Waals surface area contributed by atoms with Crippen LogP contribution in [0.25, 0.3) is 0 Å². The normalized spacial score (nSPS) is 22.4. The fraction of sp³-hybridized carbons (Fsp3) is 0.533. The molecule has 0 radical (unpaired) electrons. The quantitative estimate of drug-likeness (QED) is 0.893. The third kappa shape index (κ3) is 4.41. The van der Waals surface area contributed by atoms with E-state index in [1.807, 2.05) is 19.0 Å². The molecule has 116 valence electrons. The van der Waals surface area contributed by atoms with Gasteiger partial charge in [0.25, 0.3) is 0 Å². The van der Waals surface area contributed by atoms with Crippen molar-refractivity contribution in [1.82, 2.24) is 9.80 Å². The largest absolute Gasteiger partial charge is 0.387 e. The molecule has 1 fully saturated rings. The number of likely N-dealkylation sites (N-methyl/N-ethyl adjacent to an activating group) is 1. The minimum absolute atomic E-state index is 0.284. The van der Waals surface area contributed by atoms with E-state index in [0.717, 1.165) is 6.42 Å². The average Bonchev–Trinajstić information content (AvgIpc) is 2.37. The molecule has 2 N–H and O–H groups in total. The number of likely N-dealkylation sites (tertiary alicyclic amines) is 1. The van der Waals surface area contributed by atoms with E-state index < -0.39 is 11.4 Å². The van der Waals surface area contributed by atoms with Crippen LogP contribution in [-0.2, 0) is 0 Å². The van der Waals surface area contributed by atoms with Crippen LogP contribution in [0.4, 0.5) is 14.9 Å². The molecule has 2 rings (SSSR count). The minimum atomic E-state index is -0.888. The molecule has 21 heavy (non-hydrogen) atoms. The van der Waals surface area contributed by atoms with Crippen molar-refractivity contribution in [2.75, 3.05) is 39.0 Å². The number of hydrogen-bond donors (Lipinski definition) is 2. The van der Waals surface area contributed by atoms with Gasteiger partial charge in [0.15, 0.2) is 0 Å². The third-order valence-electron chi connectivity index (χ3n) is 3.53. The summed E-state index contributed by atoms with van der Waals surface area (Å²) in [6.07, 6.45) is 1.43. The summed E-state index contributed by atoms with van der Waals surface area (Å²) in [7, 11) is 3.79. The Kier molecular flexibility index (Phi) is 4.80. The highest BCUT2D eigenvalue weighted by Crippen LogP contribution is 2.22. The highest BCUT2D eigenvalue weighted by Gasteiger charge is 2.35. The van der Waals surface area contributed by atoms with Crippen LogP contribution in [0, 0.1) is 5.82 Å². The summed E-state index contributed by atoms with van der Waals surface area (Å²) >= 11 is 0. The van der Waals surface area contributed by atoms with Crippen molar-refractivity contribution in [3.63, 3.8) is 0 Å². The lowest BCUT2D eigenvalue weighted by Gasteiger charge is -2.40. The number of hydrogen-bond acceptors (Lipinski definition) is 3. The number of carbonyl (C=O) groups is 1. The van der Waals surface area contributed by atoms with E-state index in [0.29, 0.717) is 25.2 Å². The van der Waals surface area contributed by atoms with Gasteiger partial charge in [-0.05, 0) is 45.1 Å². The van der Waals surface area contributed by atoms with E-state index in [9.17, 15) is 14.3 Å². The van der Waals surface area contributed by atoms with Crippen molar-refractivity contribution in [1.29, 1.82) is 0 Å². The summed E-state index contributed by atoms with van der Waals surface area (Å²) in [5, 5.41) is 13.2. The van der Waals surface area contributed by atoms with Gasteiger partial charge in [0.1, 0.15) is 5.82 Å². The monoisotopic (exact) mass is 295 g/mol. The molecule has 1 aromatic rings. The summed E-state index contributed by atoms with van der Waals surface area (Å²) in [6.45, 7) is 1.39. The Balaban J connectivity index is 1.99. The Morgan fingerprint density at radius 3 is 2.95 bits per heavy atom. The molecule has 0 aromatic heterocycles. The van der Waals surface area contributed by atoms with Gasteiger partial charge in [-0.1, -0.05) is 6.07 Å². The SMILES string of the molecule is CN(C)CC1(O)CCCN(C(=O)Nc2cccc(F)c2)C1. The predicted octanol–water partition coefficient (Wildman–Crippen LogP) is 1.75. The molecule has 1 aliphatic rings. The lowest BCUT2D eigenvalue weighted by molar-refractivity contribution is -0.0333. The molecule has 1 aromatic carbocycles. The van der Waals surface area contributed by atoms with E-state index in [1.54, 1.807) is 17.0 Å². The van der Waals surface area contributed by atoms with Crippen LogP contribution in [0.1, 0.15) is 12.8 Å². The number of amides is 2. The number of anilines is 1. The van der Waals surface area contributed by atoms with Crippen LogP contribution in [0.15, 0.2) is 24.3 Å². The highest BCUT2D eigenvalue weighted by molar-refractivity contribution is 5.89. The van der Waals surface area contributed by atoms with Crippen LogP contribution in [0.5, 0.6) is 0 Å². The molecule has 1 aliphatic heterocycles. The smallest absolute Gasteiger partial charge is 0.321 e. The van der Waals surface area contributed by atoms with Crippen LogP contribution >= 0.6 is 0 Å². The Bertz CT molecular complexity index is 509. The second-order valence-corrected chi connectivity index (χ2v) is 5.93.